The van der Waals surface area contributed by atoms with Crippen LogP contribution in [-0.4, -0.2) is 37.8 Å². The van der Waals surface area contributed by atoms with E-state index in [-0.39, 0.29) is 0 Å². The number of ether oxygens (including phenoxy) is 1. The molecule has 1 aliphatic rings. The van der Waals surface area contributed by atoms with Crippen molar-refractivity contribution >= 4 is 11.8 Å². The molecule has 0 radical (unpaired) electrons. The van der Waals surface area contributed by atoms with Gasteiger partial charge in [0, 0.05) is 18.9 Å². The van der Waals surface area contributed by atoms with Gasteiger partial charge in [-0.1, -0.05) is 0 Å². The molecule has 0 aromatic heterocycles. The summed E-state index contributed by atoms with van der Waals surface area (Å²) in [5, 5.41) is 3.37. The van der Waals surface area contributed by atoms with Gasteiger partial charge in [0.25, 0.3) is 0 Å². The van der Waals surface area contributed by atoms with Crippen molar-refractivity contribution < 1.29 is 4.74 Å². The van der Waals surface area contributed by atoms with Gasteiger partial charge in [-0.05, 0) is 32.1 Å². The molecule has 0 aromatic rings. The fourth-order valence-electron chi connectivity index (χ4n) is 1.67. The Morgan fingerprint density at radius 1 is 1.58 bits per heavy atom. The van der Waals surface area contributed by atoms with Crippen molar-refractivity contribution in [1.82, 2.24) is 5.32 Å². The largest absolute Gasteiger partial charge is 0.382 e. The summed E-state index contributed by atoms with van der Waals surface area (Å²) in [7, 11) is 3.85. The van der Waals surface area contributed by atoms with Gasteiger partial charge in [-0.15, -0.1) is 0 Å². The molecule has 3 heteroatoms. The van der Waals surface area contributed by atoms with Crippen LogP contribution >= 0.6 is 11.8 Å². The molecule has 3 atom stereocenters. The van der Waals surface area contributed by atoms with E-state index in [0.29, 0.717) is 12.1 Å². The predicted molar refractivity (Wildman–Crippen MR) is 54.8 cm³/mol. The molecule has 12 heavy (non-hydrogen) atoms. The Hall–Kier alpha value is 0.270. The van der Waals surface area contributed by atoms with E-state index in [2.05, 4.69) is 19.3 Å². The van der Waals surface area contributed by atoms with Crippen LogP contribution in [0.2, 0.25) is 0 Å². The second-order valence-electron chi connectivity index (χ2n) is 3.47. The third-order valence-electron chi connectivity index (χ3n) is 2.61. The second-order valence-corrected chi connectivity index (χ2v) is 4.55. The molecule has 3 unspecified atom stereocenters. The minimum atomic E-state index is 0.407. The fraction of sp³-hybridized carbons (Fsp3) is 1.00. The zero-order chi connectivity index (χ0) is 8.97. The smallest absolute Gasteiger partial charge is 0.0546 e. The zero-order valence-corrected chi connectivity index (χ0v) is 8.99. The summed E-state index contributed by atoms with van der Waals surface area (Å²) in [6.07, 6.45) is 1.60. The quantitative estimate of drug-likeness (QED) is 0.721. The van der Waals surface area contributed by atoms with Crippen LogP contribution in [0.1, 0.15) is 13.3 Å². The third kappa shape index (κ3) is 2.64. The van der Waals surface area contributed by atoms with E-state index in [1.807, 2.05) is 11.8 Å². The van der Waals surface area contributed by atoms with E-state index < -0.39 is 0 Å². The molecular formula is C9H19NOS. The first-order valence-corrected chi connectivity index (χ1v) is 5.71. The van der Waals surface area contributed by atoms with Crippen molar-refractivity contribution in [2.75, 3.05) is 25.7 Å². The van der Waals surface area contributed by atoms with Crippen LogP contribution in [0.5, 0.6) is 0 Å². The van der Waals surface area contributed by atoms with E-state index in [0.717, 1.165) is 5.92 Å². The van der Waals surface area contributed by atoms with Gasteiger partial charge in [0.1, 0.15) is 0 Å². The van der Waals surface area contributed by atoms with Gasteiger partial charge in [-0.2, -0.15) is 11.8 Å². The van der Waals surface area contributed by atoms with E-state index in [9.17, 15) is 0 Å². The van der Waals surface area contributed by atoms with E-state index in [1.54, 1.807) is 7.11 Å². The first-order chi connectivity index (χ1) is 5.77. The van der Waals surface area contributed by atoms with Crippen LogP contribution in [0, 0.1) is 5.92 Å². The standard InChI is InChI=1S/C9H19NOS/c1-7(11-3)4-8-5-12-6-9(8)10-2/h7-10H,4-6H2,1-3H3. The molecule has 1 N–H and O–H groups in total. The highest BCUT2D eigenvalue weighted by Crippen LogP contribution is 2.28. The maximum absolute atomic E-state index is 5.27. The van der Waals surface area contributed by atoms with Crippen LogP contribution < -0.4 is 5.32 Å². The molecule has 1 rings (SSSR count). The van der Waals surface area contributed by atoms with Crippen molar-refractivity contribution in [2.45, 2.75) is 25.5 Å². The lowest BCUT2D eigenvalue weighted by atomic mass is 9.97. The lowest BCUT2D eigenvalue weighted by Gasteiger charge is -2.20. The minimum absolute atomic E-state index is 0.407. The van der Waals surface area contributed by atoms with Gasteiger partial charge in [-0.3, -0.25) is 0 Å². The third-order valence-corrected chi connectivity index (χ3v) is 3.86. The summed E-state index contributed by atoms with van der Waals surface area (Å²) in [6, 6.07) is 0.701. The first-order valence-electron chi connectivity index (χ1n) is 4.55. The Morgan fingerprint density at radius 3 is 2.92 bits per heavy atom. The Labute approximate surface area is 79.4 Å². The molecule has 0 aromatic carbocycles. The number of thioether (sulfide) groups is 1. The summed E-state index contributed by atoms with van der Waals surface area (Å²) in [6.45, 7) is 2.15. The Balaban J connectivity index is 2.30. The molecule has 1 saturated heterocycles. The number of methoxy groups -OCH3 is 1. The Morgan fingerprint density at radius 2 is 2.33 bits per heavy atom. The fourth-order valence-corrected chi connectivity index (χ4v) is 3.17. The number of rotatable bonds is 4. The number of hydrogen-bond acceptors (Lipinski definition) is 3. The molecule has 0 bridgehead atoms. The molecule has 1 fully saturated rings. The van der Waals surface area contributed by atoms with Gasteiger partial charge in [0.15, 0.2) is 0 Å². The van der Waals surface area contributed by atoms with Crippen LogP contribution in [-0.2, 0) is 4.74 Å². The predicted octanol–water partition coefficient (Wildman–Crippen LogP) is 1.36. The summed E-state index contributed by atoms with van der Waals surface area (Å²) < 4.78 is 5.27. The maximum Gasteiger partial charge on any atom is 0.0546 e. The normalized spacial score (nSPS) is 32.2. The van der Waals surface area contributed by atoms with Gasteiger partial charge >= 0.3 is 0 Å². The topological polar surface area (TPSA) is 21.3 Å². The average Bonchev–Trinajstić information content (AvgIpc) is 2.51. The molecule has 1 aliphatic heterocycles. The molecule has 0 spiro atoms. The van der Waals surface area contributed by atoms with Crippen molar-refractivity contribution in [2.24, 2.45) is 5.92 Å². The maximum atomic E-state index is 5.27. The van der Waals surface area contributed by atoms with Crippen LogP contribution in [0.4, 0.5) is 0 Å². The van der Waals surface area contributed by atoms with Gasteiger partial charge in [0.05, 0.1) is 6.10 Å². The summed E-state index contributed by atoms with van der Waals surface area (Å²) in [4.78, 5) is 0. The summed E-state index contributed by atoms with van der Waals surface area (Å²) in [5.74, 6) is 3.35. The van der Waals surface area contributed by atoms with Gasteiger partial charge < -0.3 is 10.1 Å². The number of hydrogen-bond donors (Lipinski definition) is 1. The Kier molecular flexibility index (Phi) is 4.40. The lowest BCUT2D eigenvalue weighted by molar-refractivity contribution is 0.0945. The van der Waals surface area contributed by atoms with Crippen molar-refractivity contribution in [1.29, 1.82) is 0 Å². The van der Waals surface area contributed by atoms with E-state index in [1.165, 1.54) is 17.9 Å². The highest BCUT2D eigenvalue weighted by molar-refractivity contribution is 7.99. The summed E-state index contributed by atoms with van der Waals surface area (Å²) >= 11 is 2.05. The molecule has 0 aliphatic carbocycles. The first kappa shape index (κ1) is 10.4. The van der Waals surface area contributed by atoms with Gasteiger partial charge in [0.2, 0.25) is 0 Å². The van der Waals surface area contributed by atoms with E-state index >= 15 is 0 Å². The highest BCUT2D eigenvalue weighted by atomic mass is 32.2. The SMILES string of the molecule is CNC1CSCC1CC(C)OC. The van der Waals surface area contributed by atoms with Crippen LogP contribution in [0.15, 0.2) is 0 Å². The second kappa shape index (κ2) is 5.10. The molecule has 2 nitrogen and oxygen atoms in total. The van der Waals surface area contributed by atoms with Gasteiger partial charge in [-0.25, -0.2) is 0 Å². The Bertz CT molecular complexity index is 132. The highest BCUT2D eigenvalue weighted by Gasteiger charge is 2.27. The monoisotopic (exact) mass is 189 g/mol. The van der Waals surface area contributed by atoms with Crippen LogP contribution in [0.3, 0.4) is 0 Å². The van der Waals surface area contributed by atoms with Crippen molar-refractivity contribution in [3.05, 3.63) is 0 Å². The number of nitrogens with one attached hydrogen (secondary N) is 1. The molecule has 72 valence electrons. The molecule has 1 heterocycles. The van der Waals surface area contributed by atoms with Crippen LogP contribution in [0.25, 0.3) is 0 Å². The average molecular weight is 189 g/mol. The van der Waals surface area contributed by atoms with Crippen molar-refractivity contribution in [3.8, 4) is 0 Å². The minimum Gasteiger partial charge on any atom is -0.382 e. The van der Waals surface area contributed by atoms with Crippen molar-refractivity contribution in [3.63, 3.8) is 0 Å². The summed E-state index contributed by atoms with van der Waals surface area (Å²) in [5.41, 5.74) is 0. The lowest BCUT2D eigenvalue weighted by Crippen LogP contribution is -2.34. The molecular weight excluding hydrogens is 170 g/mol. The molecule has 0 saturated carbocycles. The van der Waals surface area contributed by atoms with E-state index in [4.69, 9.17) is 4.74 Å². The zero-order valence-electron chi connectivity index (χ0n) is 8.17. The molecule has 0 amide bonds.